The second-order valence-corrected chi connectivity index (χ2v) is 5.96. The average Bonchev–Trinajstić information content (AvgIpc) is 3.11. The quantitative estimate of drug-likeness (QED) is 0.552. The lowest BCUT2D eigenvalue weighted by atomic mass is 9.90. The minimum absolute atomic E-state index is 0.403. The molecule has 0 unspecified atom stereocenters. The third kappa shape index (κ3) is 2.78. The highest BCUT2D eigenvalue weighted by Gasteiger charge is 2.22. The van der Waals surface area contributed by atoms with Crippen molar-refractivity contribution in [2.75, 3.05) is 0 Å². The van der Waals surface area contributed by atoms with Crippen molar-refractivity contribution in [1.29, 1.82) is 0 Å². The van der Waals surface area contributed by atoms with Crippen molar-refractivity contribution in [2.24, 2.45) is 5.73 Å². The highest BCUT2D eigenvalue weighted by Crippen LogP contribution is 2.34. The molecule has 3 N–H and O–H groups in total. The first-order chi connectivity index (χ1) is 12.8. The Morgan fingerprint density at radius 1 is 0.769 bits per heavy atom. The van der Waals surface area contributed by atoms with E-state index in [0.717, 1.165) is 27.6 Å². The summed E-state index contributed by atoms with van der Waals surface area (Å²) < 4.78 is 0. The summed E-state index contributed by atoms with van der Waals surface area (Å²) in [7, 11) is 0. The van der Waals surface area contributed by atoms with Gasteiger partial charge in [0.2, 0.25) is 0 Å². The summed E-state index contributed by atoms with van der Waals surface area (Å²) in [5.41, 5.74) is 10.3. The summed E-state index contributed by atoms with van der Waals surface area (Å²) in [5.74, 6) is -0.509. The largest absolute Gasteiger partial charge is 0.366 e. The van der Waals surface area contributed by atoms with E-state index in [4.69, 9.17) is 5.73 Å². The SMILES string of the molecule is NC(=O)C(=C(c1ccccc1)c1ccccc1)c1n[nH]c2ccccc12. The molecule has 4 aromatic rings. The molecule has 1 heterocycles. The predicted molar refractivity (Wildman–Crippen MR) is 104 cm³/mol. The van der Waals surface area contributed by atoms with Crippen molar-refractivity contribution < 1.29 is 4.79 Å². The van der Waals surface area contributed by atoms with E-state index < -0.39 is 5.91 Å². The van der Waals surface area contributed by atoms with E-state index >= 15 is 0 Å². The van der Waals surface area contributed by atoms with Gasteiger partial charge in [0.05, 0.1) is 11.1 Å². The van der Waals surface area contributed by atoms with Crippen molar-refractivity contribution in [3.05, 3.63) is 102 Å². The predicted octanol–water partition coefficient (Wildman–Crippen LogP) is 4.01. The van der Waals surface area contributed by atoms with Crippen molar-refractivity contribution >= 4 is 28.0 Å². The van der Waals surface area contributed by atoms with Gasteiger partial charge >= 0.3 is 0 Å². The van der Waals surface area contributed by atoms with Gasteiger partial charge in [-0.15, -0.1) is 0 Å². The molecule has 0 saturated carbocycles. The van der Waals surface area contributed by atoms with Crippen LogP contribution in [0.1, 0.15) is 16.8 Å². The van der Waals surface area contributed by atoms with Gasteiger partial charge in [-0.05, 0) is 17.2 Å². The zero-order valence-corrected chi connectivity index (χ0v) is 14.0. The van der Waals surface area contributed by atoms with E-state index in [9.17, 15) is 4.79 Å². The Morgan fingerprint density at radius 3 is 1.88 bits per heavy atom. The lowest BCUT2D eigenvalue weighted by Gasteiger charge is -2.13. The highest BCUT2D eigenvalue weighted by molar-refractivity contribution is 6.30. The Bertz CT molecular complexity index is 1050. The molecule has 0 aliphatic carbocycles. The van der Waals surface area contributed by atoms with Gasteiger partial charge in [0.15, 0.2) is 0 Å². The van der Waals surface area contributed by atoms with Crippen LogP contribution >= 0.6 is 0 Å². The molecule has 1 amide bonds. The first-order valence-corrected chi connectivity index (χ1v) is 8.34. The standard InChI is InChI=1S/C22H17N3O/c23-22(26)20(21-17-13-7-8-14-18(17)24-25-21)19(15-9-3-1-4-10-15)16-11-5-2-6-12-16/h1-14H,(H2,23,26)(H,24,25). The summed E-state index contributed by atoms with van der Waals surface area (Å²) in [4.78, 5) is 12.5. The number of carbonyl (C=O) groups excluding carboxylic acids is 1. The first-order valence-electron chi connectivity index (χ1n) is 8.34. The first kappa shape index (κ1) is 15.8. The van der Waals surface area contributed by atoms with Crippen LogP contribution < -0.4 is 5.73 Å². The zero-order valence-electron chi connectivity index (χ0n) is 14.0. The maximum absolute atomic E-state index is 12.5. The molecular formula is C22H17N3O. The Balaban J connectivity index is 2.09. The maximum Gasteiger partial charge on any atom is 0.251 e. The lowest BCUT2D eigenvalue weighted by molar-refractivity contribution is -0.112. The van der Waals surface area contributed by atoms with Crippen molar-refractivity contribution in [1.82, 2.24) is 10.2 Å². The van der Waals surface area contributed by atoms with Crippen LogP contribution in [0.25, 0.3) is 22.0 Å². The van der Waals surface area contributed by atoms with Crippen LogP contribution in [0, 0.1) is 0 Å². The molecule has 0 aliphatic heterocycles. The molecule has 3 aromatic carbocycles. The number of carbonyl (C=O) groups is 1. The molecule has 0 bridgehead atoms. The Kier molecular flexibility index (Phi) is 4.07. The van der Waals surface area contributed by atoms with E-state index in [1.807, 2.05) is 84.9 Å². The van der Waals surface area contributed by atoms with Crippen molar-refractivity contribution in [3.8, 4) is 0 Å². The molecule has 0 spiro atoms. The molecule has 26 heavy (non-hydrogen) atoms. The molecule has 4 nitrogen and oxygen atoms in total. The molecule has 0 aliphatic rings. The van der Waals surface area contributed by atoms with Gasteiger partial charge in [-0.25, -0.2) is 0 Å². The molecule has 0 saturated heterocycles. The summed E-state index contributed by atoms with van der Waals surface area (Å²) in [6.45, 7) is 0. The fourth-order valence-corrected chi connectivity index (χ4v) is 3.18. The van der Waals surface area contributed by atoms with Gasteiger partial charge in [-0.1, -0.05) is 78.9 Å². The molecule has 126 valence electrons. The summed E-state index contributed by atoms with van der Waals surface area (Å²) in [6, 6.07) is 27.3. The monoisotopic (exact) mass is 339 g/mol. The molecule has 4 heteroatoms. The number of fused-ring (bicyclic) bond motifs is 1. The van der Waals surface area contributed by atoms with Gasteiger partial charge in [-0.3, -0.25) is 9.89 Å². The van der Waals surface area contributed by atoms with Gasteiger partial charge in [0.1, 0.15) is 5.69 Å². The highest BCUT2D eigenvalue weighted by atomic mass is 16.1. The zero-order chi connectivity index (χ0) is 17.9. The Morgan fingerprint density at radius 2 is 1.31 bits per heavy atom. The minimum Gasteiger partial charge on any atom is -0.366 e. The normalized spacial score (nSPS) is 10.6. The van der Waals surface area contributed by atoms with Gasteiger partial charge < -0.3 is 5.73 Å². The lowest BCUT2D eigenvalue weighted by Crippen LogP contribution is -2.16. The van der Waals surface area contributed by atoms with Crippen LogP contribution in [0.15, 0.2) is 84.9 Å². The fourth-order valence-electron chi connectivity index (χ4n) is 3.18. The van der Waals surface area contributed by atoms with E-state index in [0.29, 0.717) is 11.3 Å². The van der Waals surface area contributed by atoms with Crippen molar-refractivity contribution in [3.63, 3.8) is 0 Å². The number of nitrogens with two attached hydrogens (primary N) is 1. The molecule has 0 radical (unpaired) electrons. The number of aromatic nitrogens is 2. The molecular weight excluding hydrogens is 322 g/mol. The summed E-state index contributed by atoms with van der Waals surface area (Å²) in [6.07, 6.45) is 0. The third-order valence-electron chi connectivity index (χ3n) is 4.33. The van der Waals surface area contributed by atoms with Crippen molar-refractivity contribution in [2.45, 2.75) is 0 Å². The number of benzene rings is 3. The van der Waals surface area contributed by atoms with Gasteiger partial charge in [0.25, 0.3) is 5.91 Å². The van der Waals surface area contributed by atoms with E-state index in [-0.39, 0.29) is 0 Å². The number of primary amides is 1. The van der Waals surface area contributed by atoms with E-state index in [2.05, 4.69) is 10.2 Å². The molecule has 0 fully saturated rings. The molecule has 4 rings (SSSR count). The number of nitrogens with zero attached hydrogens (tertiary/aromatic N) is 1. The Hall–Kier alpha value is -3.66. The van der Waals surface area contributed by atoms with Crippen LogP contribution in [-0.4, -0.2) is 16.1 Å². The number of rotatable bonds is 4. The van der Waals surface area contributed by atoms with E-state index in [1.165, 1.54) is 0 Å². The number of H-pyrrole nitrogens is 1. The number of hydrogen-bond acceptors (Lipinski definition) is 2. The number of hydrogen-bond donors (Lipinski definition) is 2. The molecule has 0 atom stereocenters. The maximum atomic E-state index is 12.5. The number of aromatic amines is 1. The van der Waals surface area contributed by atoms with Crippen LogP contribution in [0.4, 0.5) is 0 Å². The average molecular weight is 339 g/mol. The number of amides is 1. The summed E-state index contributed by atoms with van der Waals surface area (Å²) >= 11 is 0. The second kappa shape index (κ2) is 6.69. The molecule has 1 aromatic heterocycles. The van der Waals surface area contributed by atoms with Gasteiger partial charge in [-0.2, -0.15) is 5.10 Å². The Labute approximate surface area is 151 Å². The smallest absolute Gasteiger partial charge is 0.251 e. The van der Waals surface area contributed by atoms with Crippen LogP contribution in [-0.2, 0) is 4.79 Å². The number of nitrogens with one attached hydrogen (secondary N) is 1. The van der Waals surface area contributed by atoms with Gasteiger partial charge in [0, 0.05) is 11.0 Å². The topological polar surface area (TPSA) is 71.8 Å². The van der Waals surface area contributed by atoms with Crippen LogP contribution in [0.3, 0.4) is 0 Å². The van der Waals surface area contributed by atoms with E-state index in [1.54, 1.807) is 0 Å². The summed E-state index contributed by atoms with van der Waals surface area (Å²) in [5, 5.41) is 8.26. The second-order valence-electron chi connectivity index (χ2n) is 5.96. The number of para-hydroxylation sites is 1. The third-order valence-corrected chi connectivity index (χ3v) is 4.33. The minimum atomic E-state index is -0.509. The van der Waals surface area contributed by atoms with Crippen LogP contribution in [0.2, 0.25) is 0 Å². The van der Waals surface area contributed by atoms with Crippen LogP contribution in [0.5, 0.6) is 0 Å². The fraction of sp³-hybridized carbons (Fsp3) is 0.